The van der Waals surface area contributed by atoms with Crippen LogP contribution in [0.5, 0.6) is 17.2 Å². The van der Waals surface area contributed by atoms with Crippen molar-refractivity contribution in [3.63, 3.8) is 0 Å². The monoisotopic (exact) mass is 403 g/mol. The maximum Gasteiger partial charge on any atom is 0.124 e. The minimum absolute atomic E-state index is 0.609. The molecule has 3 aromatic rings. The summed E-state index contributed by atoms with van der Waals surface area (Å²) in [4.78, 5) is 2.54. The van der Waals surface area contributed by atoms with Crippen molar-refractivity contribution in [3.05, 3.63) is 89.5 Å². The fraction of sp³-hybridized carbons (Fsp3) is 0.308. The van der Waals surface area contributed by atoms with Crippen LogP contribution in [0.3, 0.4) is 0 Å². The Labute approximate surface area is 179 Å². The average Bonchev–Trinajstić information content (AvgIpc) is 3.36. The van der Waals surface area contributed by atoms with Crippen molar-refractivity contribution in [1.82, 2.24) is 4.90 Å². The Balaban J connectivity index is 2.17. The number of hydrogen-bond donors (Lipinski definition) is 0. The first-order chi connectivity index (χ1) is 14.8. The van der Waals surface area contributed by atoms with E-state index in [1.54, 1.807) is 21.3 Å². The van der Waals surface area contributed by atoms with Gasteiger partial charge in [-0.2, -0.15) is 0 Å². The maximum atomic E-state index is 5.89. The van der Waals surface area contributed by atoms with E-state index in [2.05, 4.69) is 41.3 Å². The molecule has 0 N–H and O–H groups in total. The number of hydrogen-bond acceptors (Lipinski definition) is 4. The first kappa shape index (κ1) is 20.3. The van der Waals surface area contributed by atoms with Crippen molar-refractivity contribution >= 4 is 0 Å². The van der Waals surface area contributed by atoms with Crippen LogP contribution in [0.25, 0.3) is 0 Å². The van der Waals surface area contributed by atoms with Crippen LogP contribution in [-0.4, -0.2) is 39.3 Å². The number of methoxy groups -OCH3 is 3. The summed E-state index contributed by atoms with van der Waals surface area (Å²) in [5, 5.41) is 0. The highest BCUT2D eigenvalue weighted by Crippen LogP contribution is 2.52. The Bertz CT molecular complexity index is 879. The van der Waals surface area contributed by atoms with Gasteiger partial charge in [0.1, 0.15) is 22.8 Å². The first-order valence-electron chi connectivity index (χ1n) is 10.4. The Morgan fingerprint density at radius 1 is 0.567 bits per heavy atom. The van der Waals surface area contributed by atoms with Crippen molar-refractivity contribution < 1.29 is 14.2 Å². The Morgan fingerprint density at radius 2 is 0.900 bits per heavy atom. The number of ether oxygens (including phenoxy) is 3. The van der Waals surface area contributed by atoms with E-state index < -0.39 is 5.54 Å². The van der Waals surface area contributed by atoms with Gasteiger partial charge in [-0.15, -0.1) is 0 Å². The second kappa shape index (κ2) is 8.80. The van der Waals surface area contributed by atoms with Crippen LogP contribution in [0.1, 0.15) is 29.5 Å². The largest absolute Gasteiger partial charge is 0.496 e. The molecule has 1 aliphatic heterocycles. The molecule has 0 aromatic heterocycles. The van der Waals surface area contributed by atoms with Gasteiger partial charge >= 0.3 is 0 Å². The smallest absolute Gasteiger partial charge is 0.124 e. The van der Waals surface area contributed by atoms with Crippen molar-refractivity contribution in [2.45, 2.75) is 18.4 Å². The minimum Gasteiger partial charge on any atom is -0.496 e. The van der Waals surface area contributed by atoms with E-state index in [0.29, 0.717) is 0 Å². The van der Waals surface area contributed by atoms with Crippen LogP contribution in [0.15, 0.2) is 72.8 Å². The molecule has 1 fully saturated rings. The van der Waals surface area contributed by atoms with Crippen molar-refractivity contribution in [2.24, 2.45) is 0 Å². The van der Waals surface area contributed by atoms with Gasteiger partial charge in [-0.05, 0) is 44.1 Å². The standard InChI is InChI=1S/C26H29NO3/c1-28-23-15-7-4-12-20(23)26(27-18-10-11-19-27,21-13-5-8-16-24(21)29-2)22-14-6-9-17-25(22)30-3/h4-9,12-17H,10-11,18-19H2,1-3H3. The first-order valence-corrected chi connectivity index (χ1v) is 10.4. The zero-order chi connectivity index (χ0) is 21.0. The molecule has 0 bridgehead atoms. The SMILES string of the molecule is COc1ccccc1C(c1ccccc1OC)(c1ccccc1OC)N1CCCC1. The molecular formula is C26H29NO3. The van der Waals surface area contributed by atoms with Crippen LogP contribution in [0.4, 0.5) is 0 Å². The Hall–Kier alpha value is -2.98. The lowest BCUT2D eigenvalue weighted by Gasteiger charge is -2.45. The van der Waals surface area contributed by atoms with E-state index in [1.165, 1.54) is 0 Å². The molecule has 0 amide bonds. The summed E-state index contributed by atoms with van der Waals surface area (Å²) < 4.78 is 17.7. The molecule has 1 saturated heterocycles. The van der Waals surface area contributed by atoms with Gasteiger partial charge in [0.15, 0.2) is 0 Å². The van der Waals surface area contributed by atoms with Crippen LogP contribution in [0, 0.1) is 0 Å². The number of nitrogens with zero attached hydrogens (tertiary/aromatic N) is 1. The molecule has 1 aliphatic rings. The van der Waals surface area contributed by atoms with Crippen LogP contribution in [0.2, 0.25) is 0 Å². The molecule has 0 aliphatic carbocycles. The van der Waals surface area contributed by atoms with E-state index in [0.717, 1.165) is 59.9 Å². The summed E-state index contributed by atoms with van der Waals surface area (Å²) in [6.07, 6.45) is 2.31. The highest BCUT2D eigenvalue weighted by atomic mass is 16.5. The highest BCUT2D eigenvalue weighted by Gasteiger charge is 2.48. The number of para-hydroxylation sites is 3. The van der Waals surface area contributed by atoms with Gasteiger partial charge in [0.05, 0.1) is 21.3 Å². The quantitative estimate of drug-likeness (QED) is 0.514. The van der Waals surface area contributed by atoms with E-state index >= 15 is 0 Å². The zero-order valence-corrected chi connectivity index (χ0v) is 17.9. The maximum absolute atomic E-state index is 5.89. The molecule has 0 atom stereocenters. The number of likely N-dealkylation sites (tertiary alicyclic amines) is 1. The predicted octanol–water partition coefficient (Wildman–Crippen LogP) is 5.10. The fourth-order valence-electron chi connectivity index (χ4n) is 4.83. The van der Waals surface area contributed by atoms with Gasteiger partial charge in [-0.3, -0.25) is 4.90 Å². The lowest BCUT2D eigenvalue weighted by molar-refractivity contribution is 0.185. The molecule has 30 heavy (non-hydrogen) atoms. The Kier molecular flexibility index (Phi) is 5.96. The summed E-state index contributed by atoms with van der Waals surface area (Å²) in [5.74, 6) is 2.55. The molecule has 0 radical (unpaired) electrons. The lowest BCUT2D eigenvalue weighted by Crippen LogP contribution is -2.47. The zero-order valence-electron chi connectivity index (χ0n) is 17.9. The van der Waals surface area contributed by atoms with Gasteiger partial charge < -0.3 is 14.2 Å². The van der Waals surface area contributed by atoms with Gasteiger partial charge in [0, 0.05) is 16.7 Å². The van der Waals surface area contributed by atoms with Gasteiger partial charge in [-0.1, -0.05) is 54.6 Å². The summed E-state index contributed by atoms with van der Waals surface area (Å²) in [6, 6.07) is 24.9. The van der Waals surface area contributed by atoms with Crippen molar-refractivity contribution in [1.29, 1.82) is 0 Å². The molecule has 4 heteroatoms. The molecular weight excluding hydrogens is 374 g/mol. The summed E-state index contributed by atoms with van der Waals surface area (Å²) in [5.41, 5.74) is 2.65. The third kappa shape index (κ3) is 3.21. The summed E-state index contributed by atoms with van der Waals surface area (Å²) in [6.45, 7) is 1.96. The van der Waals surface area contributed by atoms with Crippen molar-refractivity contribution in [2.75, 3.05) is 34.4 Å². The van der Waals surface area contributed by atoms with Crippen LogP contribution in [-0.2, 0) is 5.54 Å². The molecule has 156 valence electrons. The van der Waals surface area contributed by atoms with Crippen LogP contribution >= 0.6 is 0 Å². The fourth-order valence-corrected chi connectivity index (χ4v) is 4.83. The van der Waals surface area contributed by atoms with Gasteiger partial charge in [0.2, 0.25) is 0 Å². The highest BCUT2D eigenvalue weighted by molar-refractivity contribution is 5.61. The molecule has 4 nitrogen and oxygen atoms in total. The topological polar surface area (TPSA) is 30.9 Å². The molecule has 0 unspecified atom stereocenters. The third-order valence-corrected chi connectivity index (χ3v) is 6.07. The Morgan fingerprint density at radius 3 is 1.23 bits per heavy atom. The normalized spacial score (nSPS) is 14.5. The van der Waals surface area contributed by atoms with E-state index in [-0.39, 0.29) is 0 Å². The predicted molar refractivity (Wildman–Crippen MR) is 120 cm³/mol. The molecule has 3 aromatic carbocycles. The second-order valence-corrected chi connectivity index (χ2v) is 7.51. The molecule has 0 spiro atoms. The van der Waals surface area contributed by atoms with E-state index in [9.17, 15) is 0 Å². The van der Waals surface area contributed by atoms with Crippen LogP contribution < -0.4 is 14.2 Å². The lowest BCUT2D eigenvalue weighted by atomic mass is 9.74. The van der Waals surface area contributed by atoms with Gasteiger partial charge in [0.25, 0.3) is 0 Å². The molecule has 1 heterocycles. The third-order valence-electron chi connectivity index (χ3n) is 6.07. The number of rotatable bonds is 7. The van der Waals surface area contributed by atoms with E-state index in [1.807, 2.05) is 36.4 Å². The van der Waals surface area contributed by atoms with Gasteiger partial charge in [-0.25, -0.2) is 0 Å². The summed E-state index contributed by atoms with van der Waals surface area (Å²) in [7, 11) is 5.20. The minimum atomic E-state index is -0.609. The average molecular weight is 404 g/mol. The molecule has 4 rings (SSSR count). The second-order valence-electron chi connectivity index (χ2n) is 7.51. The molecule has 0 saturated carbocycles. The summed E-state index contributed by atoms with van der Waals surface area (Å²) >= 11 is 0. The van der Waals surface area contributed by atoms with E-state index in [4.69, 9.17) is 14.2 Å². The number of benzene rings is 3. The van der Waals surface area contributed by atoms with Crippen molar-refractivity contribution in [3.8, 4) is 17.2 Å².